The molecule has 1 unspecified atom stereocenters. The van der Waals surface area contributed by atoms with Crippen LogP contribution in [0.4, 0.5) is 5.69 Å². The van der Waals surface area contributed by atoms with Crippen LogP contribution in [-0.4, -0.2) is 21.6 Å². The molecule has 1 amide bonds. The van der Waals surface area contributed by atoms with Gasteiger partial charge in [0.25, 0.3) is 5.56 Å². The molecule has 1 atom stereocenters. The van der Waals surface area contributed by atoms with Crippen molar-refractivity contribution in [2.45, 2.75) is 25.8 Å². The van der Waals surface area contributed by atoms with Gasteiger partial charge in [-0.05, 0) is 31.0 Å². The number of aryl methyl sites for hydroxylation is 1. The van der Waals surface area contributed by atoms with Gasteiger partial charge in [0.2, 0.25) is 5.91 Å². The number of hydrogen-bond donors (Lipinski definition) is 2. The van der Waals surface area contributed by atoms with E-state index in [9.17, 15) is 14.4 Å². The van der Waals surface area contributed by atoms with E-state index in [1.165, 1.54) is 25.3 Å². The second kappa shape index (κ2) is 7.40. The lowest BCUT2D eigenvalue weighted by Gasteiger charge is -2.12. The number of carbonyl (C=O) groups excluding carboxylic acids is 1. The Balaban J connectivity index is 2.05. The maximum Gasteiger partial charge on any atom is 0.326 e. The van der Waals surface area contributed by atoms with Gasteiger partial charge < -0.3 is 10.4 Å². The fourth-order valence-electron chi connectivity index (χ4n) is 2.14. The standard InChI is InChI=1S/C17H18N2O4/c1-12(17(22)23)19-11-5-8-14(16(19)21)18-15(20)10-9-13-6-3-2-4-7-13/h2-8,11-12H,9-10H2,1H3,(H,18,20)(H,22,23). The quantitative estimate of drug-likeness (QED) is 0.854. The van der Waals surface area contributed by atoms with Crippen LogP contribution in [0.15, 0.2) is 53.5 Å². The maximum atomic E-state index is 12.2. The second-order valence-electron chi connectivity index (χ2n) is 5.18. The monoisotopic (exact) mass is 314 g/mol. The summed E-state index contributed by atoms with van der Waals surface area (Å²) < 4.78 is 1.08. The number of benzene rings is 1. The number of carboxylic acid groups (broad SMARTS) is 1. The Morgan fingerprint density at radius 1 is 1.17 bits per heavy atom. The summed E-state index contributed by atoms with van der Waals surface area (Å²) in [6.45, 7) is 1.41. The molecule has 0 spiro atoms. The molecule has 0 aliphatic carbocycles. The van der Waals surface area contributed by atoms with E-state index < -0.39 is 17.6 Å². The summed E-state index contributed by atoms with van der Waals surface area (Å²) >= 11 is 0. The Kier molecular flexibility index (Phi) is 5.30. The SMILES string of the molecule is CC(C(=O)O)n1cccc(NC(=O)CCc2ccccc2)c1=O. The predicted molar refractivity (Wildman–Crippen MR) is 86.4 cm³/mol. The van der Waals surface area contributed by atoms with Crippen LogP contribution in [-0.2, 0) is 16.0 Å². The number of aliphatic carboxylic acids is 1. The van der Waals surface area contributed by atoms with Crippen LogP contribution in [0.1, 0.15) is 24.9 Å². The van der Waals surface area contributed by atoms with Crippen molar-refractivity contribution in [2.24, 2.45) is 0 Å². The molecule has 1 aromatic carbocycles. The predicted octanol–water partition coefficient (Wildman–Crippen LogP) is 2.07. The molecule has 1 heterocycles. The van der Waals surface area contributed by atoms with Crippen LogP contribution in [0.2, 0.25) is 0 Å². The largest absolute Gasteiger partial charge is 0.480 e. The van der Waals surface area contributed by atoms with Crippen LogP contribution in [0.3, 0.4) is 0 Å². The van der Waals surface area contributed by atoms with Crippen LogP contribution < -0.4 is 10.9 Å². The zero-order valence-corrected chi connectivity index (χ0v) is 12.7. The van der Waals surface area contributed by atoms with Gasteiger partial charge in [-0.25, -0.2) is 4.79 Å². The number of nitrogens with one attached hydrogen (secondary N) is 1. The zero-order chi connectivity index (χ0) is 16.8. The molecule has 6 nitrogen and oxygen atoms in total. The first kappa shape index (κ1) is 16.5. The number of aromatic nitrogens is 1. The third-order valence-corrected chi connectivity index (χ3v) is 3.51. The Morgan fingerprint density at radius 2 is 1.87 bits per heavy atom. The number of anilines is 1. The van der Waals surface area contributed by atoms with E-state index in [0.29, 0.717) is 6.42 Å². The third kappa shape index (κ3) is 4.29. The summed E-state index contributed by atoms with van der Waals surface area (Å²) in [6, 6.07) is 11.6. The van der Waals surface area contributed by atoms with Crippen molar-refractivity contribution in [2.75, 3.05) is 5.32 Å². The summed E-state index contributed by atoms with van der Waals surface area (Å²) in [6.07, 6.45) is 2.20. The lowest BCUT2D eigenvalue weighted by atomic mass is 10.1. The van der Waals surface area contributed by atoms with E-state index in [2.05, 4.69) is 5.32 Å². The number of hydrogen-bond acceptors (Lipinski definition) is 3. The number of rotatable bonds is 6. The van der Waals surface area contributed by atoms with Crippen LogP contribution in [0.5, 0.6) is 0 Å². The van der Waals surface area contributed by atoms with Gasteiger partial charge in [-0.2, -0.15) is 0 Å². The van der Waals surface area contributed by atoms with Crippen molar-refractivity contribution in [3.8, 4) is 0 Å². The molecule has 0 bridgehead atoms. The average molecular weight is 314 g/mol. The van der Waals surface area contributed by atoms with E-state index >= 15 is 0 Å². The number of carbonyl (C=O) groups is 2. The number of nitrogens with zero attached hydrogens (tertiary/aromatic N) is 1. The molecular formula is C17H18N2O4. The highest BCUT2D eigenvalue weighted by atomic mass is 16.4. The molecule has 0 aliphatic heterocycles. The fourth-order valence-corrected chi connectivity index (χ4v) is 2.14. The summed E-state index contributed by atoms with van der Waals surface area (Å²) in [5.41, 5.74) is 0.585. The molecule has 2 N–H and O–H groups in total. The molecule has 120 valence electrons. The summed E-state index contributed by atoms with van der Waals surface area (Å²) in [7, 11) is 0. The van der Waals surface area contributed by atoms with Crippen LogP contribution >= 0.6 is 0 Å². The van der Waals surface area contributed by atoms with Crippen molar-refractivity contribution in [1.82, 2.24) is 4.57 Å². The fraction of sp³-hybridized carbons (Fsp3) is 0.235. The minimum absolute atomic E-state index is 0.0821. The van der Waals surface area contributed by atoms with E-state index in [0.717, 1.165) is 10.1 Å². The maximum absolute atomic E-state index is 12.2. The van der Waals surface area contributed by atoms with Crippen molar-refractivity contribution in [3.63, 3.8) is 0 Å². The van der Waals surface area contributed by atoms with Gasteiger partial charge in [0.1, 0.15) is 11.7 Å². The smallest absolute Gasteiger partial charge is 0.326 e. The molecule has 1 aromatic heterocycles. The van der Waals surface area contributed by atoms with Gasteiger partial charge >= 0.3 is 5.97 Å². The number of carboxylic acids is 1. The van der Waals surface area contributed by atoms with Crippen LogP contribution in [0.25, 0.3) is 0 Å². The lowest BCUT2D eigenvalue weighted by molar-refractivity contribution is -0.140. The minimum atomic E-state index is -1.11. The normalized spacial score (nSPS) is 11.7. The molecular weight excluding hydrogens is 296 g/mol. The highest BCUT2D eigenvalue weighted by Crippen LogP contribution is 2.08. The first-order chi connectivity index (χ1) is 11.0. The highest BCUT2D eigenvalue weighted by molar-refractivity contribution is 5.90. The summed E-state index contributed by atoms with van der Waals surface area (Å²) in [4.78, 5) is 35.2. The molecule has 23 heavy (non-hydrogen) atoms. The van der Waals surface area contributed by atoms with Crippen molar-refractivity contribution in [1.29, 1.82) is 0 Å². The van der Waals surface area contributed by atoms with Crippen molar-refractivity contribution >= 4 is 17.6 Å². The van der Waals surface area contributed by atoms with Gasteiger partial charge in [0.05, 0.1) is 0 Å². The Morgan fingerprint density at radius 3 is 2.52 bits per heavy atom. The molecule has 2 rings (SSSR count). The Hall–Kier alpha value is -2.89. The molecule has 6 heteroatoms. The second-order valence-corrected chi connectivity index (χ2v) is 5.18. The molecule has 0 saturated heterocycles. The lowest BCUT2D eigenvalue weighted by Crippen LogP contribution is -2.30. The first-order valence-electron chi connectivity index (χ1n) is 7.27. The molecule has 2 aromatic rings. The Labute approximate surface area is 133 Å². The van der Waals surface area contributed by atoms with Crippen LogP contribution in [0, 0.1) is 0 Å². The van der Waals surface area contributed by atoms with Crippen molar-refractivity contribution in [3.05, 3.63) is 64.6 Å². The average Bonchev–Trinajstić information content (AvgIpc) is 2.55. The number of amides is 1. The first-order valence-corrected chi connectivity index (χ1v) is 7.27. The topological polar surface area (TPSA) is 88.4 Å². The third-order valence-electron chi connectivity index (χ3n) is 3.51. The van der Waals surface area contributed by atoms with Crippen molar-refractivity contribution < 1.29 is 14.7 Å². The van der Waals surface area contributed by atoms with E-state index in [-0.39, 0.29) is 18.0 Å². The molecule has 0 radical (unpaired) electrons. The minimum Gasteiger partial charge on any atom is -0.480 e. The van der Waals surface area contributed by atoms with Gasteiger partial charge in [-0.1, -0.05) is 30.3 Å². The molecule has 0 saturated carbocycles. The Bertz CT molecular complexity index is 753. The van der Waals surface area contributed by atoms with Gasteiger partial charge in [0.15, 0.2) is 0 Å². The zero-order valence-electron chi connectivity index (χ0n) is 12.7. The van der Waals surface area contributed by atoms with Gasteiger partial charge in [-0.15, -0.1) is 0 Å². The number of pyridine rings is 1. The van der Waals surface area contributed by atoms with Gasteiger partial charge in [-0.3, -0.25) is 14.2 Å². The van der Waals surface area contributed by atoms with E-state index in [4.69, 9.17) is 5.11 Å². The van der Waals surface area contributed by atoms with E-state index in [1.54, 1.807) is 0 Å². The molecule has 0 fully saturated rings. The van der Waals surface area contributed by atoms with Gasteiger partial charge in [0, 0.05) is 12.6 Å². The summed E-state index contributed by atoms with van der Waals surface area (Å²) in [5, 5.41) is 11.5. The highest BCUT2D eigenvalue weighted by Gasteiger charge is 2.16. The van der Waals surface area contributed by atoms with E-state index in [1.807, 2.05) is 30.3 Å². The summed E-state index contributed by atoms with van der Waals surface area (Å²) in [5.74, 6) is -1.40. The molecule has 0 aliphatic rings.